The number of anilines is 1. The minimum atomic E-state index is 0.434. The van der Waals surface area contributed by atoms with E-state index >= 15 is 0 Å². The molecule has 0 saturated carbocycles. The summed E-state index contributed by atoms with van der Waals surface area (Å²) in [5, 5.41) is 3.16. The van der Waals surface area contributed by atoms with Crippen molar-refractivity contribution in [2.45, 2.75) is 13.0 Å². The topological polar surface area (TPSA) is 63.2 Å². The van der Waals surface area contributed by atoms with Gasteiger partial charge in [-0.2, -0.15) is 0 Å². The summed E-state index contributed by atoms with van der Waals surface area (Å²) in [7, 11) is 1.91. The minimum Gasteiger partial charge on any atom is -0.380 e. The molecule has 0 radical (unpaired) electrons. The van der Waals surface area contributed by atoms with Crippen LogP contribution in [0.3, 0.4) is 0 Å². The summed E-state index contributed by atoms with van der Waals surface area (Å²) < 4.78 is 5.78. The Bertz CT molecular complexity index is 607. The van der Waals surface area contributed by atoms with Gasteiger partial charge in [0.05, 0.1) is 18.9 Å². The molecule has 1 fully saturated rings. The highest BCUT2D eigenvalue weighted by Gasteiger charge is 2.20. The molecule has 122 valence electrons. The SMILES string of the molecule is CNc1ncccc1CN1CCOC[C@@H](Cc2cnccn2)C1. The van der Waals surface area contributed by atoms with Crippen LogP contribution in [0.25, 0.3) is 0 Å². The predicted molar refractivity (Wildman–Crippen MR) is 89.1 cm³/mol. The molecule has 0 amide bonds. The van der Waals surface area contributed by atoms with Gasteiger partial charge in [-0.15, -0.1) is 0 Å². The number of pyridine rings is 1. The molecule has 1 aliphatic rings. The molecule has 0 aromatic carbocycles. The number of nitrogens with zero attached hydrogens (tertiary/aromatic N) is 4. The van der Waals surface area contributed by atoms with Gasteiger partial charge in [0.25, 0.3) is 0 Å². The molecule has 6 nitrogen and oxygen atoms in total. The zero-order chi connectivity index (χ0) is 15.9. The Balaban J connectivity index is 1.65. The van der Waals surface area contributed by atoms with Crippen LogP contribution in [0.5, 0.6) is 0 Å². The maximum absolute atomic E-state index is 5.78. The number of hydrogen-bond acceptors (Lipinski definition) is 6. The van der Waals surface area contributed by atoms with Gasteiger partial charge in [0.2, 0.25) is 0 Å². The van der Waals surface area contributed by atoms with Crippen LogP contribution in [0.4, 0.5) is 5.82 Å². The molecular formula is C17H23N5O. The normalized spacial score (nSPS) is 19.3. The number of nitrogens with one attached hydrogen (secondary N) is 1. The molecule has 0 aliphatic carbocycles. The summed E-state index contributed by atoms with van der Waals surface area (Å²) in [5.41, 5.74) is 2.25. The van der Waals surface area contributed by atoms with Crippen LogP contribution in [-0.4, -0.2) is 53.2 Å². The third-order valence-corrected chi connectivity index (χ3v) is 4.06. The Morgan fingerprint density at radius 3 is 3.09 bits per heavy atom. The Hall–Kier alpha value is -2.05. The summed E-state index contributed by atoms with van der Waals surface area (Å²) in [6, 6.07) is 4.11. The number of aromatic nitrogens is 3. The molecule has 3 rings (SSSR count). The summed E-state index contributed by atoms with van der Waals surface area (Å²) in [6.45, 7) is 4.36. The van der Waals surface area contributed by atoms with Crippen molar-refractivity contribution in [3.05, 3.63) is 48.2 Å². The van der Waals surface area contributed by atoms with Crippen molar-refractivity contribution in [2.75, 3.05) is 38.7 Å². The first kappa shape index (κ1) is 15.8. The first-order valence-electron chi connectivity index (χ1n) is 8.02. The van der Waals surface area contributed by atoms with Crippen molar-refractivity contribution in [3.63, 3.8) is 0 Å². The number of hydrogen-bond donors (Lipinski definition) is 1. The fraction of sp³-hybridized carbons (Fsp3) is 0.471. The van der Waals surface area contributed by atoms with Crippen LogP contribution < -0.4 is 5.32 Å². The van der Waals surface area contributed by atoms with Gasteiger partial charge in [0.1, 0.15) is 5.82 Å². The van der Waals surface area contributed by atoms with E-state index in [1.807, 2.05) is 25.5 Å². The van der Waals surface area contributed by atoms with E-state index in [1.165, 1.54) is 5.56 Å². The van der Waals surface area contributed by atoms with Crippen LogP contribution >= 0.6 is 0 Å². The van der Waals surface area contributed by atoms with Crippen molar-refractivity contribution in [2.24, 2.45) is 5.92 Å². The van der Waals surface area contributed by atoms with Gasteiger partial charge in [-0.3, -0.25) is 14.9 Å². The van der Waals surface area contributed by atoms with Crippen LogP contribution in [-0.2, 0) is 17.7 Å². The van der Waals surface area contributed by atoms with Crippen LogP contribution in [0.15, 0.2) is 36.9 Å². The standard InChI is InChI=1S/C17H23N5O/c1-18-17-15(3-2-4-21-17)12-22-7-8-23-13-14(11-22)9-16-10-19-5-6-20-16/h2-6,10,14H,7-9,11-13H2,1H3,(H,18,21)/t14-/m0/s1. The van der Waals surface area contributed by atoms with Crippen LogP contribution in [0.1, 0.15) is 11.3 Å². The quantitative estimate of drug-likeness (QED) is 0.905. The molecule has 3 heterocycles. The molecule has 0 bridgehead atoms. The van der Waals surface area contributed by atoms with E-state index in [1.54, 1.807) is 12.4 Å². The predicted octanol–water partition coefficient (Wildman–Crippen LogP) is 1.60. The minimum absolute atomic E-state index is 0.434. The summed E-state index contributed by atoms with van der Waals surface area (Å²) >= 11 is 0. The third kappa shape index (κ3) is 4.46. The van der Waals surface area contributed by atoms with Gasteiger partial charge in [0, 0.05) is 63.0 Å². The van der Waals surface area contributed by atoms with Gasteiger partial charge in [-0.05, 0) is 12.5 Å². The first-order chi connectivity index (χ1) is 11.3. The fourth-order valence-corrected chi connectivity index (χ4v) is 2.98. The van der Waals surface area contributed by atoms with Crippen molar-refractivity contribution in [1.29, 1.82) is 0 Å². The molecular weight excluding hydrogens is 290 g/mol. The highest BCUT2D eigenvalue weighted by molar-refractivity contribution is 5.42. The number of ether oxygens (including phenoxy) is 1. The summed E-state index contributed by atoms with van der Waals surface area (Å²) in [6.07, 6.45) is 8.02. The third-order valence-electron chi connectivity index (χ3n) is 4.06. The van der Waals surface area contributed by atoms with Crippen molar-refractivity contribution >= 4 is 5.82 Å². The molecule has 0 unspecified atom stereocenters. The summed E-state index contributed by atoms with van der Waals surface area (Å²) in [5.74, 6) is 1.38. The molecule has 2 aromatic rings. The average Bonchev–Trinajstić information content (AvgIpc) is 2.81. The molecule has 2 aromatic heterocycles. The second kappa shape index (κ2) is 7.99. The average molecular weight is 313 g/mol. The number of rotatable bonds is 5. The molecule has 1 saturated heterocycles. The van der Waals surface area contributed by atoms with E-state index in [9.17, 15) is 0 Å². The fourth-order valence-electron chi connectivity index (χ4n) is 2.98. The monoisotopic (exact) mass is 313 g/mol. The van der Waals surface area contributed by atoms with E-state index < -0.39 is 0 Å². The van der Waals surface area contributed by atoms with Crippen LogP contribution in [0, 0.1) is 5.92 Å². The lowest BCUT2D eigenvalue weighted by atomic mass is 10.0. The van der Waals surface area contributed by atoms with E-state index in [0.29, 0.717) is 5.92 Å². The van der Waals surface area contributed by atoms with Gasteiger partial charge < -0.3 is 10.1 Å². The van der Waals surface area contributed by atoms with Gasteiger partial charge in [-0.1, -0.05) is 6.07 Å². The molecule has 0 spiro atoms. The lowest BCUT2D eigenvalue weighted by Gasteiger charge is -2.24. The summed E-state index contributed by atoms with van der Waals surface area (Å²) in [4.78, 5) is 15.4. The zero-order valence-corrected chi connectivity index (χ0v) is 13.5. The highest BCUT2D eigenvalue weighted by atomic mass is 16.5. The van der Waals surface area contributed by atoms with Crippen molar-refractivity contribution in [3.8, 4) is 0 Å². The lowest BCUT2D eigenvalue weighted by molar-refractivity contribution is 0.121. The Kier molecular flexibility index (Phi) is 5.50. The van der Waals surface area contributed by atoms with E-state index in [0.717, 1.165) is 50.8 Å². The Morgan fingerprint density at radius 1 is 1.30 bits per heavy atom. The second-order valence-corrected chi connectivity index (χ2v) is 5.84. The Morgan fingerprint density at radius 2 is 2.26 bits per heavy atom. The molecule has 1 aliphatic heterocycles. The maximum atomic E-state index is 5.78. The van der Waals surface area contributed by atoms with E-state index in [4.69, 9.17) is 4.74 Å². The maximum Gasteiger partial charge on any atom is 0.130 e. The Labute approximate surface area is 136 Å². The molecule has 1 N–H and O–H groups in total. The first-order valence-corrected chi connectivity index (χ1v) is 8.02. The van der Waals surface area contributed by atoms with Gasteiger partial charge >= 0.3 is 0 Å². The smallest absolute Gasteiger partial charge is 0.130 e. The van der Waals surface area contributed by atoms with Crippen LogP contribution in [0.2, 0.25) is 0 Å². The van der Waals surface area contributed by atoms with E-state index in [2.05, 4.69) is 31.2 Å². The van der Waals surface area contributed by atoms with Gasteiger partial charge in [0.15, 0.2) is 0 Å². The van der Waals surface area contributed by atoms with Gasteiger partial charge in [-0.25, -0.2) is 4.98 Å². The zero-order valence-electron chi connectivity index (χ0n) is 13.5. The highest BCUT2D eigenvalue weighted by Crippen LogP contribution is 2.17. The van der Waals surface area contributed by atoms with Crippen molar-refractivity contribution in [1.82, 2.24) is 19.9 Å². The molecule has 1 atom stereocenters. The lowest BCUT2D eigenvalue weighted by Crippen LogP contribution is -2.31. The molecule has 23 heavy (non-hydrogen) atoms. The largest absolute Gasteiger partial charge is 0.380 e. The second-order valence-electron chi connectivity index (χ2n) is 5.84. The van der Waals surface area contributed by atoms with Crippen molar-refractivity contribution < 1.29 is 4.74 Å². The van der Waals surface area contributed by atoms with E-state index in [-0.39, 0.29) is 0 Å². The molecule has 6 heteroatoms.